The molecule has 6 nitrogen and oxygen atoms in total. The van der Waals surface area contributed by atoms with Gasteiger partial charge in [-0.2, -0.15) is 13.2 Å². The number of Topliss-reactive ketones (excluding diaryl/α,β-unsaturated/α-hetero) is 1. The van der Waals surface area contributed by atoms with Gasteiger partial charge >= 0.3 is 12.1 Å². The van der Waals surface area contributed by atoms with Crippen molar-refractivity contribution < 1.29 is 37.0 Å². The van der Waals surface area contributed by atoms with E-state index in [1.165, 1.54) is 19.2 Å². The number of benzene rings is 2. The van der Waals surface area contributed by atoms with Crippen LogP contribution in [0.5, 0.6) is 11.5 Å². The molecule has 0 fully saturated rings. The topological polar surface area (TPSA) is 74.2 Å². The lowest BCUT2D eigenvalue weighted by Crippen LogP contribution is -2.38. The molecule has 9 heteroatoms. The molecule has 0 amide bonds. The number of alkyl halides is 3. The Bertz CT molecular complexity index is 1260. The second-order valence-electron chi connectivity index (χ2n) is 9.08. The highest BCUT2D eigenvalue weighted by Crippen LogP contribution is 2.48. The van der Waals surface area contributed by atoms with Gasteiger partial charge in [-0.25, -0.2) is 0 Å². The molecule has 0 saturated carbocycles. The first kappa shape index (κ1) is 26.4. The molecule has 0 bridgehead atoms. The van der Waals surface area contributed by atoms with E-state index in [4.69, 9.17) is 14.2 Å². The molecule has 0 N–H and O–H groups in total. The number of ketones is 1. The van der Waals surface area contributed by atoms with E-state index >= 15 is 0 Å². The van der Waals surface area contributed by atoms with Crippen molar-refractivity contribution in [2.24, 2.45) is 10.9 Å². The van der Waals surface area contributed by atoms with Gasteiger partial charge in [-0.05, 0) is 61.6 Å². The fraction of sp³-hybridized carbons (Fsp3) is 0.393. The lowest BCUT2D eigenvalue weighted by atomic mass is 9.69. The highest BCUT2D eigenvalue weighted by Gasteiger charge is 2.45. The highest BCUT2D eigenvalue weighted by molar-refractivity contribution is 6.09. The average molecular weight is 516 g/mol. The summed E-state index contributed by atoms with van der Waals surface area (Å²) in [5.41, 5.74) is 1.87. The lowest BCUT2D eigenvalue weighted by Gasteiger charge is -2.36. The maximum absolute atomic E-state index is 13.6. The van der Waals surface area contributed by atoms with Crippen LogP contribution in [0.25, 0.3) is 0 Å². The van der Waals surface area contributed by atoms with Crippen LogP contribution in [0.3, 0.4) is 0 Å². The number of carbonyl (C=O) groups is 2. The summed E-state index contributed by atoms with van der Waals surface area (Å²) in [6, 6.07) is 10.1. The van der Waals surface area contributed by atoms with Crippen LogP contribution in [0.15, 0.2) is 58.7 Å². The van der Waals surface area contributed by atoms with Crippen molar-refractivity contribution in [2.75, 3.05) is 20.8 Å². The minimum Gasteiger partial charge on any atom is -0.493 e. The normalized spacial score (nSPS) is 21.8. The smallest absolute Gasteiger partial charge is 0.416 e. The third kappa shape index (κ3) is 5.12. The Kier molecular flexibility index (Phi) is 7.43. The maximum Gasteiger partial charge on any atom is 0.416 e. The molecule has 37 heavy (non-hydrogen) atoms. The van der Waals surface area contributed by atoms with Gasteiger partial charge in [-0.15, -0.1) is 0 Å². The first-order valence-corrected chi connectivity index (χ1v) is 12.0. The first-order valence-electron chi connectivity index (χ1n) is 12.0. The first-order chi connectivity index (χ1) is 17.6. The van der Waals surface area contributed by atoms with Crippen LogP contribution in [0, 0.1) is 5.92 Å². The number of allylic oxidation sites excluding steroid dienone is 2. The number of ether oxygens (including phenoxy) is 3. The summed E-state index contributed by atoms with van der Waals surface area (Å²) in [7, 11) is 3.08. The van der Waals surface area contributed by atoms with Gasteiger partial charge in [0.05, 0.1) is 26.4 Å². The van der Waals surface area contributed by atoms with E-state index in [2.05, 4.69) is 4.99 Å². The molecule has 4 rings (SSSR count). The van der Waals surface area contributed by atoms with Crippen molar-refractivity contribution in [3.63, 3.8) is 0 Å². The highest BCUT2D eigenvalue weighted by atomic mass is 19.4. The largest absolute Gasteiger partial charge is 0.493 e. The van der Waals surface area contributed by atoms with Gasteiger partial charge in [0, 0.05) is 29.3 Å². The third-order valence-corrected chi connectivity index (χ3v) is 6.91. The van der Waals surface area contributed by atoms with Crippen LogP contribution in [-0.4, -0.2) is 38.3 Å². The predicted octanol–water partition coefficient (Wildman–Crippen LogP) is 5.86. The van der Waals surface area contributed by atoms with Gasteiger partial charge in [0.25, 0.3) is 0 Å². The number of carbonyl (C=O) groups excluding carboxylic acids is 2. The number of rotatable bonds is 6. The molecule has 1 aliphatic heterocycles. The van der Waals surface area contributed by atoms with Crippen LogP contribution < -0.4 is 9.47 Å². The van der Waals surface area contributed by atoms with Crippen LogP contribution in [0.2, 0.25) is 0 Å². The summed E-state index contributed by atoms with van der Waals surface area (Å²) in [5, 5.41) is 0. The zero-order chi connectivity index (χ0) is 26.9. The molecule has 0 radical (unpaired) electrons. The fourth-order valence-electron chi connectivity index (χ4n) is 5.18. The molecule has 0 saturated heterocycles. The molecular weight excluding hydrogens is 487 g/mol. The average Bonchev–Trinajstić information content (AvgIpc) is 2.86. The van der Waals surface area contributed by atoms with E-state index < -0.39 is 29.5 Å². The van der Waals surface area contributed by atoms with Crippen LogP contribution in [-0.2, 0) is 20.5 Å². The minimum absolute atomic E-state index is 0.129. The number of halogens is 3. The fourth-order valence-corrected chi connectivity index (χ4v) is 5.18. The molecule has 1 unspecified atom stereocenters. The number of hydrogen-bond acceptors (Lipinski definition) is 6. The zero-order valence-corrected chi connectivity index (χ0v) is 21.0. The molecule has 3 atom stereocenters. The Labute approximate surface area is 213 Å². The van der Waals surface area contributed by atoms with Crippen molar-refractivity contribution in [3.05, 3.63) is 70.4 Å². The Morgan fingerprint density at radius 3 is 2.24 bits per heavy atom. The van der Waals surface area contributed by atoms with E-state index in [1.54, 1.807) is 27.0 Å². The SMILES string of the molecule is CCOC(=O)C1C(C)=NC2=C(C(=O)C[C@@H](c3ccc(OC)c(OC)c3)C2)[C@H]1c1ccc(C(F)(F)F)cc1. The molecular formula is C28H28F3NO5. The number of hydrogen-bond donors (Lipinski definition) is 0. The lowest BCUT2D eigenvalue weighted by molar-refractivity contribution is -0.146. The van der Waals surface area contributed by atoms with Crippen molar-refractivity contribution in [3.8, 4) is 11.5 Å². The quantitative estimate of drug-likeness (QED) is 0.451. The van der Waals surface area contributed by atoms with Crippen molar-refractivity contribution >= 4 is 17.5 Å². The summed E-state index contributed by atoms with van der Waals surface area (Å²) >= 11 is 0. The summed E-state index contributed by atoms with van der Waals surface area (Å²) < 4.78 is 55.6. The molecule has 2 aliphatic rings. The Morgan fingerprint density at radius 2 is 1.65 bits per heavy atom. The Hall–Kier alpha value is -3.62. The van der Waals surface area contributed by atoms with Crippen molar-refractivity contribution in [2.45, 2.75) is 44.7 Å². The standard InChI is InChI=1S/C28H28F3NO5/c1-5-37-27(34)24-15(2)32-20-12-18(17-8-11-22(35-3)23(14-17)36-4)13-21(33)26(20)25(24)16-6-9-19(10-7-16)28(29,30)31/h6-11,14,18,24-25H,5,12-13H2,1-4H3/t18-,24?,25-/m0/s1. The second-order valence-corrected chi connectivity index (χ2v) is 9.08. The number of aliphatic imine (C=N–C) groups is 1. The van der Waals surface area contributed by atoms with Gasteiger partial charge in [-0.1, -0.05) is 18.2 Å². The molecule has 0 aromatic heterocycles. The van der Waals surface area contributed by atoms with Gasteiger partial charge in [0.15, 0.2) is 17.3 Å². The second kappa shape index (κ2) is 10.4. The Balaban J connectivity index is 1.78. The molecule has 196 valence electrons. The molecule has 1 aliphatic carbocycles. The third-order valence-electron chi connectivity index (χ3n) is 6.91. The van der Waals surface area contributed by atoms with Gasteiger partial charge in [-0.3, -0.25) is 14.6 Å². The Morgan fingerprint density at radius 1 is 1.00 bits per heavy atom. The summed E-state index contributed by atoms with van der Waals surface area (Å²) in [6.45, 7) is 3.49. The van der Waals surface area contributed by atoms with Crippen LogP contribution >= 0.6 is 0 Å². The predicted molar refractivity (Wildman–Crippen MR) is 131 cm³/mol. The summed E-state index contributed by atoms with van der Waals surface area (Å²) in [5.74, 6) is -1.52. The van der Waals surface area contributed by atoms with E-state index in [-0.39, 0.29) is 24.7 Å². The van der Waals surface area contributed by atoms with E-state index in [1.807, 2.05) is 12.1 Å². The van der Waals surface area contributed by atoms with Crippen LogP contribution in [0.1, 0.15) is 55.2 Å². The van der Waals surface area contributed by atoms with Crippen molar-refractivity contribution in [1.82, 2.24) is 0 Å². The van der Waals surface area contributed by atoms with Crippen molar-refractivity contribution in [1.29, 1.82) is 0 Å². The van der Waals surface area contributed by atoms with Gasteiger partial charge in [0.2, 0.25) is 0 Å². The van der Waals surface area contributed by atoms with E-state index in [0.29, 0.717) is 40.5 Å². The van der Waals surface area contributed by atoms with E-state index in [0.717, 1.165) is 17.7 Å². The molecule has 1 heterocycles. The monoisotopic (exact) mass is 515 g/mol. The van der Waals surface area contributed by atoms with Gasteiger partial charge < -0.3 is 14.2 Å². The number of nitrogens with zero attached hydrogens (tertiary/aromatic N) is 1. The maximum atomic E-state index is 13.6. The summed E-state index contributed by atoms with van der Waals surface area (Å²) in [6.07, 6.45) is -3.91. The molecule has 0 spiro atoms. The molecule has 2 aromatic rings. The number of esters is 1. The zero-order valence-electron chi connectivity index (χ0n) is 21.0. The van der Waals surface area contributed by atoms with Crippen LogP contribution in [0.4, 0.5) is 13.2 Å². The summed E-state index contributed by atoms with van der Waals surface area (Å²) in [4.78, 5) is 31.3. The number of methoxy groups -OCH3 is 2. The van der Waals surface area contributed by atoms with Gasteiger partial charge in [0.1, 0.15) is 5.92 Å². The molecule has 2 aromatic carbocycles. The minimum atomic E-state index is -4.50. The van der Waals surface area contributed by atoms with E-state index in [9.17, 15) is 22.8 Å².